The van der Waals surface area contributed by atoms with Gasteiger partial charge in [-0.3, -0.25) is 5.32 Å². The molecule has 18 heavy (non-hydrogen) atoms. The summed E-state index contributed by atoms with van der Waals surface area (Å²) in [5.74, 6) is -0.888. The number of ether oxygens (including phenoxy) is 2. The highest BCUT2D eigenvalue weighted by Crippen LogP contribution is 2.34. The van der Waals surface area contributed by atoms with Crippen LogP contribution >= 0.6 is 27.5 Å². The topological polar surface area (TPSA) is 60.5 Å². The zero-order valence-corrected chi connectivity index (χ0v) is 11.0. The standard InChI is InChI=1S/C8H5BrClF3N2O3/c1-17-7(16)14-4-2-3(9)5(10)15-6(4)18-8(11,12)13/h2H,1H3,(H,14,16). The van der Waals surface area contributed by atoms with E-state index < -0.39 is 18.3 Å². The van der Waals surface area contributed by atoms with Crippen LogP contribution in [0.15, 0.2) is 10.5 Å². The van der Waals surface area contributed by atoms with E-state index in [2.05, 4.69) is 30.4 Å². The van der Waals surface area contributed by atoms with E-state index in [4.69, 9.17) is 11.6 Å². The molecule has 1 heterocycles. The summed E-state index contributed by atoms with van der Waals surface area (Å²) in [6, 6.07) is 1.10. The molecule has 0 radical (unpaired) electrons. The molecule has 0 fully saturated rings. The molecule has 1 aromatic heterocycles. The van der Waals surface area contributed by atoms with Crippen molar-refractivity contribution >= 4 is 39.3 Å². The van der Waals surface area contributed by atoms with Gasteiger partial charge in [-0.25, -0.2) is 4.79 Å². The van der Waals surface area contributed by atoms with E-state index in [1.807, 2.05) is 5.32 Å². The molecule has 0 saturated heterocycles. The third kappa shape index (κ3) is 4.22. The molecule has 0 aliphatic carbocycles. The van der Waals surface area contributed by atoms with Gasteiger partial charge in [0.25, 0.3) is 0 Å². The van der Waals surface area contributed by atoms with E-state index in [0.29, 0.717) is 0 Å². The fraction of sp³-hybridized carbons (Fsp3) is 0.250. The number of carbonyl (C=O) groups excluding carboxylic acids is 1. The minimum atomic E-state index is -4.96. The summed E-state index contributed by atoms with van der Waals surface area (Å²) in [4.78, 5) is 14.3. The average molecular weight is 349 g/mol. The van der Waals surface area contributed by atoms with Crippen molar-refractivity contribution in [3.05, 3.63) is 15.7 Å². The van der Waals surface area contributed by atoms with E-state index in [1.165, 1.54) is 0 Å². The predicted molar refractivity (Wildman–Crippen MR) is 59.7 cm³/mol. The summed E-state index contributed by atoms with van der Waals surface area (Å²) >= 11 is 8.48. The van der Waals surface area contributed by atoms with Crippen LogP contribution in [0.2, 0.25) is 5.15 Å². The molecule has 0 aliphatic heterocycles. The summed E-state index contributed by atoms with van der Waals surface area (Å²) in [7, 11) is 1.05. The second-order valence-corrected chi connectivity index (χ2v) is 3.99. The number of rotatable bonds is 2. The van der Waals surface area contributed by atoms with Crippen molar-refractivity contribution in [1.82, 2.24) is 4.98 Å². The Morgan fingerprint density at radius 3 is 2.67 bits per heavy atom. The smallest absolute Gasteiger partial charge is 0.453 e. The SMILES string of the molecule is COC(=O)Nc1cc(Br)c(Cl)nc1OC(F)(F)F. The number of anilines is 1. The number of hydrogen-bond donors (Lipinski definition) is 1. The number of halogens is 5. The van der Waals surface area contributed by atoms with E-state index in [0.717, 1.165) is 13.2 Å². The van der Waals surface area contributed by atoms with Crippen molar-refractivity contribution in [2.75, 3.05) is 12.4 Å². The molecule has 0 saturated carbocycles. The molecule has 0 atom stereocenters. The van der Waals surface area contributed by atoms with E-state index in [9.17, 15) is 18.0 Å². The maximum atomic E-state index is 12.1. The molecule has 1 N–H and O–H groups in total. The molecule has 0 aliphatic rings. The fourth-order valence-electron chi connectivity index (χ4n) is 0.889. The maximum absolute atomic E-state index is 12.1. The van der Waals surface area contributed by atoms with Crippen LogP contribution < -0.4 is 10.1 Å². The lowest BCUT2D eigenvalue weighted by Gasteiger charge is -2.13. The lowest BCUT2D eigenvalue weighted by atomic mass is 10.4. The first-order valence-corrected chi connectivity index (χ1v) is 5.37. The number of carbonyl (C=O) groups is 1. The van der Waals surface area contributed by atoms with Gasteiger partial charge in [0.15, 0.2) is 0 Å². The Labute approximate surface area is 112 Å². The summed E-state index contributed by atoms with van der Waals surface area (Å²) < 4.78 is 44.4. The zero-order chi connectivity index (χ0) is 13.9. The molecular weight excluding hydrogens is 344 g/mol. The van der Waals surface area contributed by atoms with Gasteiger partial charge in [-0.1, -0.05) is 11.6 Å². The minimum Gasteiger partial charge on any atom is -0.453 e. The van der Waals surface area contributed by atoms with Crippen molar-refractivity contribution in [3.63, 3.8) is 0 Å². The van der Waals surface area contributed by atoms with Crippen LogP contribution in [0.25, 0.3) is 0 Å². The molecule has 0 aromatic carbocycles. The first-order chi connectivity index (χ1) is 8.23. The van der Waals surface area contributed by atoms with Crippen LogP contribution in [0.5, 0.6) is 5.88 Å². The zero-order valence-electron chi connectivity index (χ0n) is 8.64. The van der Waals surface area contributed by atoms with Crippen LogP contribution in [0.1, 0.15) is 0 Å². The number of aromatic nitrogens is 1. The highest BCUT2D eigenvalue weighted by Gasteiger charge is 2.33. The Morgan fingerprint density at radius 2 is 2.17 bits per heavy atom. The highest BCUT2D eigenvalue weighted by atomic mass is 79.9. The lowest BCUT2D eigenvalue weighted by molar-refractivity contribution is -0.275. The van der Waals surface area contributed by atoms with Gasteiger partial charge in [0, 0.05) is 0 Å². The number of hydrogen-bond acceptors (Lipinski definition) is 4. The Bertz CT molecular complexity index is 470. The Morgan fingerprint density at radius 1 is 1.56 bits per heavy atom. The van der Waals surface area contributed by atoms with Crippen molar-refractivity contribution in [1.29, 1.82) is 0 Å². The van der Waals surface area contributed by atoms with Crippen molar-refractivity contribution in [3.8, 4) is 5.88 Å². The van der Waals surface area contributed by atoms with Crippen LogP contribution in [0.3, 0.4) is 0 Å². The quantitative estimate of drug-likeness (QED) is 0.829. The van der Waals surface area contributed by atoms with Crippen LogP contribution in [-0.2, 0) is 4.74 Å². The largest absolute Gasteiger partial charge is 0.574 e. The predicted octanol–water partition coefficient (Wildman–Crippen LogP) is 3.57. The third-order valence-corrected chi connectivity index (χ3v) is 2.65. The minimum absolute atomic E-state index is 0.185. The molecule has 100 valence electrons. The monoisotopic (exact) mass is 348 g/mol. The average Bonchev–Trinajstić information content (AvgIpc) is 2.23. The van der Waals surface area contributed by atoms with E-state index in [-0.39, 0.29) is 15.3 Å². The number of alkyl halides is 3. The molecule has 0 unspecified atom stereocenters. The molecule has 10 heteroatoms. The van der Waals surface area contributed by atoms with Crippen LogP contribution in [-0.4, -0.2) is 24.5 Å². The van der Waals surface area contributed by atoms with E-state index >= 15 is 0 Å². The van der Waals surface area contributed by atoms with E-state index in [1.54, 1.807) is 0 Å². The van der Waals surface area contributed by atoms with Crippen LogP contribution in [0, 0.1) is 0 Å². The number of pyridine rings is 1. The second kappa shape index (κ2) is 5.61. The van der Waals surface area contributed by atoms with Gasteiger partial charge in [0.05, 0.1) is 11.6 Å². The Hall–Kier alpha value is -1.22. The third-order valence-electron chi connectivity index (χ3n) is 1.53. The number of nitrogens with zero attached hydrogens (tertiary/aromatic N) is 1. The maximum Gasteiger partial charge on any atom is 0.574 e. The molecular formula is C8H5BrClF3N2O3. The molecule has 1 rings (SSSR count). The summed E-state index contributed by atoms with van der Waals surface area (Å²) in [6.07, 6.45) is -5.94. The summed E-state index contributed by atoms with van der Waals surface area (Å²) in [5, 5.41) is 1.77. The summed E-state index contributed by atoms with van der Waals surface area (Å²) in [6.45, 7) is 0. The first kappa shape index (κ1) is 14.8. The molecule has 1 amide bonds. The number of nitrogens with one attached hydrogen (secondary N) is 1. The van der Waals surface area contributed by atoms with Gasteiger partial charge in [0.1, 0.15) is 10.8 Å². The van der Waals surface area contributed by atoms with Gasteiger partial charge in [0.2, 0.25) is 5.88 Å². The fourth-order valence-corrected chi connectivity index (χ4v) is 1.34. The Balaban J connectivity index is 3.12. The van der Waals surface area contributed by atoms with Gasteiger partial charge in [-0.2, -0.15) is 4.98 Å². The van der Waals surface area contributed by atoms with Crippen molar-refractivity contribution in [2.45, 2.75) is 6.36 Å². The molecule has 0 spiro atoms. The van der Waals surface area contributed by atoms with Crippen LogP contribution in [0.4, 0.5) is 23.7 Å². The Kier molecular flexibility index (Phi) is 4.63. The van der Waals surface area contributed by atoms with Gasteiger partial charge in [-0.05, 0) is 22.0 Å². The van der Waals surface area contributed by atoms with Crippen molar-refractivity contribution in [2.24, 2.45) is 0 Å². The number of amides is 1. The molecule has 1 aromatic rings. The van der Waals surface area contributed by atoms with Gasteiger partial charge >= 0.3 is 12.5 Å². The normalized spacial score (nSPS) is 11.0. The summed E-state index contributed by atoms with van der Waals surface area (Å²) in [5.41, 5.74) is -0.338. The second-order valence-electron chi connectivity index (χ2n) is 2.78. The van der Waals surface area contributed by atoms with Crippen molar-refractivity contribution < 1.29 is 27.4 Å². The van der Waals surface area contributed by atoms with Gasteiger partial charge < -0.3 is 9.47 Å². The lowest BCUT2D eigenvalue weighted by Crippen LogP contribution is -2.20. The molecule has 5 nitrogen and oxygen atoms in total. The first-order valence-electron chi connectivity index (χ1n) is 4.19. The molecule has 0 bridgehead atoms. The van der Waals surface area contributed by atoms with Gasteiger partial charge in [-0.15, -0.1) is 13.2 Å². The highest BCUT2D eigenvalue weighted by molar-refractivity contribution is 9.10. The number of methoxy groups -OCH3 is 1.